The van der Waals surface area contributed by atoms with Gasteiger partial charge >= 0.3 is 0 Å². The summed E-state index contributed by atoms with van der Waals surface area (Å²) in [4.78, 5) is 18.2. The smallest absolute Gasteiger partial charge is 0.155 e. The van der Waals surface area contributed by atoms with Gasteiger partial charge in [-0.1, -0.05) is 19.9 Å². The summed E-state index contributed by atoms with van der Waals surface area (Å²) >= 11 is 0. The van der Waals surface area contributed by atoms with Gasteiger partial charge in [0, 0.05) is 40.4 Å². The Balaban J connectivity index is 1.32. The van der Waals surface area contributed by atoms with Gasteiger partial charge in [0.2, 0.25) is 0 Å². The lowest BCUT2D eigenvalue weighted by molar-refractivity contribution is 0.201. The zero-order chi connectivity index (χ0) is 22.4. The minimum atomic E-state index is 0.397. The Bertz CT molecular complexity index is 1390. The number of pyridine rings is 1. The van der Waals surface area contributed by atoms with Gasteiger partial charge in [0.1, 0.15) is 5.82 Å². The highest BCUT2D eigenvalue weighted by molar-refractivity contribution is 5.98. The minimum Gasteiger partial charge on any atom is -0.354 e. The molecule has 6 rings (SSSR count). The SMILES string of the molecule is CC(C)c1c(-c2ccnc3[nH]ncc23)[nH]c2ccc(C3CCN(Cc4ncc[nH]4)CC3)cc12. The van der Waals surface area contributed by atoms with Crippen molar-refractivity contribution >= 4 is 21.9 Å². The summed E-state index contributed by atoms with van der Waals surface area (Å²) in [6, 6.07) is 9.11. The predicted molar refractivity (Wildman–Crippen MR) is 131 cm³/mol. The molecule has 1 aromatic carbocycles. The monoisotopic (exact) mass is 439 g/mol. The first kappa shape index (κ1) is 20.2. The van der Waals surface area contributed by atoms with Crippen LogP contribution in [0.2, 0.25) is 0 Å². The molecule has 5 aromatic rings. The van der Waals surface area contributed by atoms with Crippen LogP contribution in [0, 0.1) is 0 Å². The van der Waals surface area contributed by atoms with Crippen molar-refractivity contribution in [3.8, 4) is 11.3 Å². The van der Waals surface area contributed by atoms with E-state index >= 15 is 0 Å². The molecule has 0 aliphatic carbocycles. The Morgan fingerprint density at radius 3 is 2.73 bits per heavy atom. The molecule has 0 atom stereocenters. The molecule has 0 amide bonds. The first-order valence-corrected chi connectivity index (χ1v) is 11.8. The van der Waals surface area contributed by atoms with E-state index in [1.165, 1.54) is 40.6 Å². The number of nitrogens with one attached hydrogen (secondary N) is 3. The van der Waals surface area contributed by atoms with Crippen LogP contribution in [0.3, 0.4) is 0 Å². The molecule has 1 aliphatic heterocycles. The third kappa shape index (κ3) is 3.62. The van der Waals surface area contributed by atoms with Gasteiger partial charge in [-0.05, 0) is 67.1 Å². The van der Waals surface area contributed by atoms with Crippen LogP contribution in [-0.2, 0) is 6.54 Å². The lowest BCUT2D eigenvalue weighted by Gasteiger charge is -2.31. The summed E-state index contributed by atoms with van der Waals surface area (Å²) in [6.07, 6.45) is 9.82. The van der Waals surface area contributed by atoms with E-state index in [1.54, 1.807) is 0 Å². The van der Waals surface area contributed by atoms with Crippen LogP contribution >= 0.6 is 0 Å². The zero-order valence-corrected chi connectivity index (χ0v) is 19.1. The van der Waals surface area contributed by atoms with Gasteiger partial charge in [0.15, 0.2) is 5.65 Å². The van der Waals surface area contributed by atoms with E-state index in [9.17, 15) is 0 Å². The first-order chi connectivity index (χ1) is 16.2. The number of hydrogen-bond donors (Lipinski definition) is 3. The van der Waals surface area contributed by atoms with Crippen molar-refractivity contribution in [1.29, 1.82) is 0 Å². The summed E-state index contributed by atoms with van der Waals surface area (Å²) < 4.78 is 0. The maximum atomic E-state index is 4.42. The molecule has 33 heavy (non-hydrogen) atoms. The largest absolute Gasteiger partial charge is 0.354 e. The second kappa shape index (κ2) is 8.15. The summed E-state index contributed by atoms with van der Waals surface area (Å²) in [5, 5.41) is 9.59. The Morgan fingerprint density at radius 1 is 1.06 bits per heavy atom. The van der Waals surface area contributed by atoms with Gasteiger partial charge in [-0.25, -0.2) is 9.97 Å². The van der Waals surface area contributed by atoms with Crippen LogP contribution in [0.1, 0.15) is 55.5 Å². The molecule has 7 heteroatoms. The highest BCUT2D eigenvalue weighted by Crippen LogP contribution is 2.39. The molecule has 4 aromatic heterocycles. The highest BCUT2D eigenvalue weighted by Gasteiger charge is 2.23. The van der Waals surface area contributed by atoms with Crippen molar-refractivity contribution in [3.63, 3.8) is 0 Å². The minimum absolute atomic E-state index is 0.397. The topological polar surface area (TPSA) is 89.3 Å². The Labute approximate surface area is 192 Å². The quantitative estimate of drug-likeness (QED) is 0.345. The van der Waals surface area contributed by atoms with Crippen molar-refractivity contribution in [2.24, 2.45) is 0 Å². The average Bonchev–Trinajstić information content (AvgIpc) is 3.58. The van der Waals surface area contributed by atoms with E-state index in [0.717, 1.165) is 42.1 Å². The normalized spacial score (nSPS) is 15.8. The number of aromatic amines is 3. The summed E-state index contributed by atoms with van der Waals surface area (Å²) in [5.74, 6) is 2.05. The predicted octanol–water partition coefficient (Wildman–Crippen LogP) is 5.33. The van der Waals surface area contributed by atoms with E-state index in [2.05, 4.69) is 73.1 Å². The number of imidazole rings is 1. The molecular formula is C26H29N7. The van der Waals surface area contributed by atoms with Crippen LogP contribution in [0.4, 0.5) is 0 Å². The second-order valence-electron chi connectivity index (χ2n) is 9.45. The fraction of sp³-hybridized carbons (Fsp3) is 0.346. The number of piperidine rings is 1. The fourth-order valence-corrected chi connectivity index (χ4v) is 5.39. The summed E-state index contributed by atoms with van der Waals surface area (Å²) in [6.45, 7) is 7.67. The van der Waals surface area contributed by atoms with Gasteiger partial charge in [-0.3, -0.25) is 10.00 Å². The van der Waals surface area contributed by atoms with Gasteiger partial charge in [-0.15, -0.1) is 0 Å². The Morgan fingerprint density at radius 2 is 1.94 bits per heavy atom. The molecule has 0 unspecified atom stereocenters. The molecule has 168 valence electrons. The lowest BCUT2D eigenvalue weighted by Crippen LogP contribution is -2.32. The number of hydrogen-bond acceptors (Lipinski definition) is 4. The van der Waals surface area contributed by atoms with Gasteiger partial charge < -0.3 is 9.97 Å². The van der Waals surface area contributed by atoms with Crippen molar-refractivity contribution in [2.45, 2.75) is 45.1 Å². The van der Waals surface area contributed by atoms with E-state index in [1.807, 2.05) is 24.8 Å². The van der Waals surface area contributed by atoms with Crippen LogP contribution in [0.15, 0.2) is 49.1 Å². The lowest BCUT2D eigenvalue weighted by atomic mass is 9.87. The van der Waals surface area contributed by atoms with E-state index in [4.69, 9.17) is 0 Å². The van der Waals surface area contributed by atoms with Crippen molar-refractivity contribution in [2.75, 3.05) is 13.1 Å². The van der Waals surface area contributed by atoms with E-state index in [-0.39, 0.29) is 0 Å². The van der Waals surface area contributed by atoms with Crippen molar-refractivity contribution in [1.82, 2.24) is 35.0 Å². The number of fused-ring (bicyclic) bond motifs is 2. The molecule has 1 saturated heterocycles. The summed E-state index contributed by atoms with van der Waals surface area (Å²) in [5.41, 5.74) is 7.18. The average molecular weight is 440 g/mol. The van der Waals surface area contributed by atoms with Crippen LogP contribution in [0.25, 0.3) is 33.2 Å². The number of rotatable bonds is 5. The molecule has 0 radical (unpaired) electrons. The second-order valence-corrected chi connectivity index (χ2v) is 9.45. The molecule has 0 saturated carbocycles. The molecule has 1 fully saturated rings. The third-order valence-electron chi connectivity index (χ3n) is 7.05. The number of benzene rings is 1. The Kier molecular flexibility index (Phi) is 4.99. The Hall–Kier alpha value is -3.45. The van der Waals surface area contributed by atoms with Crippen LogP contribution in [-0.4, -0.2) is 48.1 Å². The fourth-order valence-electron chi connectivity index (χ4n) is 5.39. The highest BCUT2D eigenvalue weighted by atomic mass is 15.2. The zero-order valence-electron chi connectivity index (χ0n) is 19.1. The van der Waals surface area contributed by atoms with Crippen molar-refractivity contribution in [3.05, 3.63) is 66.0 Å². The molecule has 5 heterocycles. The molecule has 0 bridgehead atoms. The van der Waals surface area contributed by atoms with Crippen LogP contribution < -0.4 is 0 Å². The number of nitrogens with zero attached hydrogens (tertiary/aromatic N) is 4. The van der Waals surface area contributed by atoms with Gasteiger partial charge in [-0.2, -0.15) is 5.10 Å². The van der Waals surface area contributed by atoms with Gasteiger partial charge in [0.05, 0.1) is 18.4 Å². The molecule has 1 aliphatic rings. The molecule has 7 nitrogen and oxygen atoms in total. The van der Waals surface area contributed by atoms with Crippen molar-refractivity contribution < 1.29 is 0 Å². The number of aromatic nitrogens is 6. The standard InChI is InChI=1S/C26H29N7/c1-16(2)24-20-13-18(17-6-11-33(12-7-17)15-23-27-9-10-28-23)3-4-22(20)31-25(24)19-5-8-29-26-21(19)14-30-32-26/h3-5,8-10,13-14,16-17,31H,6-7,11-12,15H2,1-2H3,(H,27,28)(H,29,30,32). The van der Waals surface area contributed by atoms with E-state index in [0.29, 0.717) is 11.8 Å². The van der Waals surface area contributed by atoms with Crippen LogP contribution in [0.5, 0.6) is 0 Å². The maximum absolute atomic E-state index is 4.42. The third-order valence-corrected chi connectivity index (χ3v) is 7.05. The number of likely N-dealkylation sites (tertiary alicyclic amines) is 1. The molecule has 0 spiro atoms. The van der Waals surface area contributed by atoms with E-state index < -0.39 is 0 Å². The maximum Gasteiger partial charge on any atom is 0.155 e. The molecule has 3 N–H and O–H groups in total. The molecular weight excluding hydrogens is 410 g/mol. The first-order valence-electron chi connectivity index (χ1n) is 11.8. The summed E-state index contributed by atoms with van der Waals surface area (Å²) in [7, 11) is 0. The van der Waals surface area contributed by atoms with Gasteiger partial charge in [0.25, 0.3) is 0 Å². The number of H-pyrrole nitrogens is 3.